The van der Waals surface area contributed by atoms with Crippen molar-refractivity contribution in [2.24, 2.45) is 0 Å². The summed E-state index contributed by atoms with van der Waals surface area (Å²) in [5, 5.41) is 14.3. The van der Waals surface area contributed by atoms with Gasteiger partial charge in [-0.2, -0.15) is 0 Å². The standard InChI is InChI=1S/C16H21N3O4S2/c1-5-18(11(2)3)13-8-6-12(7-9-13)17-16-14(19(20)21)10-15(24-16)25(4,22)23/h6-11,17H,5H2,1-4H3. The lowest BCUT2D eigenvalue weighted by atomic mass is 10.2. The van der Waals surface area contributed by atoms with Crippen molar-refractivity contribution >= 4 is 43.2 Å². The zero-order valence-electron chi connectivity index (χ0n) is 14.5. The molecule has 0 saturated carbocycles. The van der Waals surface area contributed by atoms with Crippen LogP contribution in [0.1, 0.15) is 20.8 Å². The van der Waals surface area contributed by atoms with Gasteiger partial charge in [-0.05, 0) is 45.0 Å². The lowest BCUT2D eigenvalue weighted by Gasteiger charge is -2.27. The van der Waals surface area contributed by atoms with Gasteiger partial charge in [-0.25, -0.2) is 8.42 Å². The van der Waals surface area contributed by atoms with Crippen LogP contribution in [0, 0.1) is 10.1 Å². The van der Waals surface area contributed by atoms with Crippen LogP contribution >= 0.6 is 11.3 Å². The van der Waals surface area contributed by atoms with Gasteiger partial charge < -0.3 is 10.2 Å². The van der Waals surface area contributed by atoms with E-state index in [4.69, 9.17) is 0 Å². The van der Waals surface area contributed by atoms with Gasteiger partial charge in [0.15, 0.2) is 14.8 Å². The molecule has 0 aliphatic carbocycles. The van der Waals surface area contributed by atoms with Crippen LogP contribution in [0.4, 0.5) is 22.1 Å². The highest BCUT2D eigenvalue weighted by Crippen LogP contribution is 2.39. The number of benzene rings is 1. The molecule has 1 aromatic heterocycles. The van der Waals surface area contributed by atoms with Gasteiger partial charge in [-0.15, -0.1) is 0 Å². The van der Waals surface area contributed by atoms with E-state index >= 15 is 0 Å². The third-order valence-corrected chi connectivity index (χ3v) is 6.51. The fourth-order valence-electron chi connectivity index (χ4n) is 2.48. The monoisotopic (exact) mass is 383 g/mol. The van der Waals surface area contributed by atoms with Gasteiger partial charge in [0, 0.05) is 36.3 Å². The second-order valence-corrected chi connectivity index (χ2v) is 9.16. The van der Waals surface area contributed by atoms with Crippen molar-refractivity contribution in [1.29, 1.82) is 0 Å². The van der Waals surface area contributed by atoms with Crippen molar-refractivity contribution in [2.75, 3.05) is 23.0 Å². The minimum Gasteiger partial charge on any atom is -0.369 e. The minimum absolute atomic E-state index is 0.0321. The molecule has 136 valence electrons. The summed E-state index contributed by atoms with van der Waals surface area (Å²) < 4.78 is 23.3. The normalized spacial score (nSPS) is 11.6. The summed E-state index contributed by atoms with van der Waals surface area (Å²) in [6.07, 6.45) is 1.03. The first kappa shape index (κ1) is 19.2. The topological polar surface area (TPSA) is 92.6 Å². The van der Waals surface area contributed by atoms with Crippen molar-refractivity contribution in [3.05, 3.63) is 40.4 Å². The van der Waals surface area contributed by atoms with Crippen LogP contribution in [-0.4, -0.2) is 32.2 Å². The van der Waals surface area contributed by atoms with Gasteiger partial charge >= 0.3 is 5.69 Å². The molecular formula is C16H21N3O4S2. The van der Waals surface area contributed by atoms with E-state index in [9.17, 15) is 18.5 Å². The predicted molar refractivity (Wildman–Crippen MR) is 102 cm³/mol. The Hall–Kier alpha value is -2.13. The maximum Gasteiger partial charge on any atom is 0.305 e. The zero-order valence-corrected chi connectivity index (χ0v) is 16.1. The SMILES string of the molecule is CCN(c1ccc(Nc2sc(S(C)(=O)=O)cc2[N+](=O)[O-])cc1)C(C)C. The maximum absolute atomic E-state index is 11.6. The third-order valence-electron chi connectivity index (χ3n) is 3.67. The average molecular weight is 383 g/mol. The summed E-state index contributed by atoms with van der Waals surface area (Å²) in [4.78, 5) is 12.8. The van der Waals surface area contributed by atoms with Crippen LogP contribution in [0.3, 0.4) is 0 Å². The van der Waals surface area contributed by atoms with Gasteiger partial charge in [0.05, 0.1) is 4.92 Å². The van der Waals surface area contributed by atoms with E-state index < -0.39 is 14.8 Å². The number of anilines is 3. The van der Waals surface area contributed by atoms with Crippen LogP contribution in [0.15, 0.2) is 34.5 Å². The molecule has 7 nitrogen and oxygen atoms in total. The molecule has 0 radical (unpaired) electrons. The molecule has 0 saturated heterocycles. The van der Waals surface area contributed by atoms with Crippen molar-refractivity contribution in [3.63, 3.8) is 0 Å². The third kappa shape index (κ3) is 4.49. The van der Waals surface area contributed by atoms with E-state index in [1.165, 1.54) is 0 Å². The van der Waals surface area contributed by atoms with Gasteiger partial charge in [0.25, 0.3) is 0 Å². The summed E-state index contributed by atoms with van der Waals surface area (Å²) in [7, 11) is -3.49. The van der Waals surface area contributed by atoms with Crippen molar-refractivity contribution in [1.82, 2.24) is 0 Å². The van der Waals surface area contributed by atoms with Gasteiger partial charge in [-0.3, -0.25) is 10.1 Å². The average Bonchev–Trinajstić information content (AvgIpc) is 2.93. The molecule has 0 spiro atoms. The quantitative estimate of drug-likeness (QED) is 0.573. The van der Waals surface area contributed by atoms with Crippen LogP contribution < -0.4 is 10.2 Å². The Balaban J connectivity index is 2.31. The van der Waals surface area contributed by atoms with Crippen LogP contribution in [0.5, 0.6) is 0 Å². The van der Waals surface area contributed by atoms with Crippen LogP contribution in [0.2, 0.25) is 0 Å². The summed E-state index contributed by atoms with van der Waals surface area (Å²) in [5.74, 6) is 0. The number of rotatable bonds is 7. The maximum atomic E-state index is 11.6. The molecule has 1 N–H and O–H groups in total. The first-order valence-corrected chi connectivity index (χ1v) is 10.5. The van der Waals surface area contributed by atoms with E-state index in [-0.39, 0.29) is 14.9 Å². The number of nitrogens with one attached hydrogen (secondary N) is 1. The Kier molecular flexibility index (Phi) is 5.69. The van der Waals surface area contributed by atoms with Crippen LogP contribution in [-0.2, 0) is 9.84 Å². The summed E-state index contributed by atoms with van der Waals surface area (Å²) in [5.41, 5.74) is 1.47. The molecule has 1 heterocycles. The fraction of sp³-hybridized carbons (Fsp3) is 0.375. The van der Waals surface area contributed by atoms with Crippen molar-refractivity contribution in [2.45, 2.75) is 31.0 Å². The molecule has 0 bridgehead atoms. The molecular weight excluding hydrogens is 362 g/mol. The Bertz CT molecular complexity index is 858. The Morgan fingerprint density at radius 2 is 1.88 bits per heavy atom. The van der Waals surface area contributed by atoms with E-state index in [0.717, 1.165) is 35.9 Å². The van der Waals surface area contributed by atoms with E-state index in [2.05, 4.69) is 31.0 Å². The molecule has 1 aromatic carbocycles. The minimum atomic E-state index is -3.49. The second-order valence-electron chi connectivity index (χ2n) is 5.86. The lowest BCUT2D eigenvalue weighted by molar-refractivity contribution is -0.383. The molecule has 2 rings (SSSR count). The number of nitrogens with zero attached hydrogens (tertiary/aromatic N) is 2. The van der Waals surface area contributed by atoms with Crippen molar-refractivity contribution < 1.29 is 13.3 Å². The highest BCUT2D eigenvalue weighted by molar-refractivity contribution is 7.92. The molecule has 0 aliphatic heterocycles. The molecule has 0 atom stereocenters. The highest BCUT2D eigenvalue weighted by Gasteiger charge is 2.23. The van der Waals surface area contributed by atoms with Gasteiger partial charge in [-0.1, -0.05) is 11.3 Å². The summed E-state index contributed by atoms with van der Waals surface area (Å²) in [6, 6.07) is 8.97. The second kappa shape index (κ2) is 7.40. The Morgan fingerprint density at radius 1 is 1.28 bits per heavy atom. The van der Waals surface area contributed by atoms with E-state index in [1.807, 2.05) is 24.3 Å². The first-order valence-electron chi connectivity index (χ1n) is 7.75. The van der Waals surface area contributed by atoms with E-state index in [0.29, 0.717) is 11.7 Å². The number of hydrogen-bond acceptors (Lipinski definition) is 7. The van der Waals surface area contributed by atoms with Gasteiger partial charge in [0.1, 0.15) is 4.21 Å². The molecule has 0 unspecified atom stereocenters. The Labute approximate surface area is 151 Å². The molecule has 9 heteroatoms. The highest BCUT2D eigenvalue weighted by atomic mass is 32.2. The number of sulfone groups is 1. The largest absolute Gasteiger partial charge is 0.369 e. The first-order chi connectivity index (χ1) is 11.6. The zero-order chi connectivity index (χ0) is 18.8. The smallest absolute Gasteiger partial charge is 0.305 e. The number of hydrogen-bond donors (Lipinski definition) is 1. The van der Waals surface area contributed by atoms with E-state index in [1.54, 1.807) is 0 Å². The number of nitro groups is 1. The summed E-state index contributed by atoms with van der Waals surface area (Å²) in [6.45, 7) is 7.17. The number of thiophene rings is 1. The fourth-order valence-corrected chi connectivity index (χ4v) is 4.44. The molecule has 2 aromatic rings. The predicted octanol–water partition coefficient (Wildman–Crippen LogP) is 4.04. The summed E-state index contributed by atoms with van der Waals surface area (Å²) >= 11 is 0.858. The van der Waals surface area contributed by atoms with Crippen molar-refractivity contribution in [3.8, 4) is 0 Å². The molecule has 0 aliphatic rings. The van der Waals surface area contributed by atoms with Gasteiger partial charge in [0.2, 0.25) is 0 Å². The Morgan fingerprint density at radius 3 is 2.32 bits per heavy atom. The van der Waals surface area contributed by atoms with Crippen LogP contribution in [0.25, 0.3) is 0 Å². The molecule has 25 heavy (non-hydrogen) atoms. The molecule has 0 fully saturated rings. The molecule has 0 amide bonds. The lowest BCUT2D eigenvalue weighted by Crippen LogP contribution is -2.30.